The van der Waals surface area contributed by atoms with Gasteiger partial charge in [-0.1, -0.05) is 64.5 Å². The van der Waals surface area contributed by atoms with Crippen LogP contribution in [0.4, 0.5) is 5.69 Å². The fourth-order valence-corrected chi connectivity index (χ4v) is 6.31. The van der Waals surface area contributed by atoms with Gasteiger partial charge in [0.2, 0.25) is 15.9 Å². The number of aromatic amines is 1. The van der Waals surface area contributed by atoms with E-state index in [4.69, 9.17) is 5.14 Å². The Hall–Kier alpha value is -3.01. The molecule has 4 rings (SSSR count). The predicted octanol–water partition coefficient (Wildman–Crippen LogP) is 7.05. The third-order valence-electron chi connectivity index (χ3n) is 7.13. The number of carbonyl (C=O) groups excluding carboxylic acids is 1. The van der Waals surface area contributed by atoms with Gasteiger partial charge in [-0.15, -0.1) is 0 Å². The first-order chi connectivity index (χ1) is 18.3. The highest BCUT2D eigenvalue weighted by atomic mass is 32.2. The number of aromatic nitrogens is 2. The maximum atomic E-state index is 13.7. The van der Waals surface area contributed by atoms with Gasteiger partial charge in [0.05, 0.1) is 16.3 Å². The number of nitrogens with two attached hydrogens (primary N) is 1. The fraction of sp³-hybridized carbons (Fsp3) is 0.379. The van der Waals surface area contributed by atoms with E-state index < -0.39 is 10.0 Å². The van der Waals surface area contributed by atoms with Gasteiger partial charge in [0, 0.05) is 16.6 Å². The number of hydrogen-bond donors (Lipinski definition) is 3. The first-order valence-corrected chi connectivity index (χ1v) is 15.7. The molecular formula is C29H36N4O3S2. The largest absolute Gasteiger partial charge is 0.326 e. The number of nitrogens with zero attached hydrogens (tertiary/aromatic N) is 1. The van der Waals surface area contributed by atoms with Crippen molar-refractivity contribution < 1.29 is 13.2 Å². The van der Waals surface area contributed by atoms with Crippen LogP contribution in [0.15, 0.2) is 64.2 Å². The van der Waals surface area contributed by atoms with Crippen molar-refractivity contribution in [3.8, 4) is 11.3 Å². The van der Waals surface area contributed by atoms with E-state index in [1.165, 1.54) is 37.8 Å². The molecule has 2 atom stereocenters. The molecule has 0 aliphatic heterocycles. The van der Waals surface area contributed by atoms with Gasteiger partial charge >= 0.3 is 0 Å². The van der Waals surface area contributed by atoms with Crippen LogP contribution in [-0.2, 0) is 14.8 Å². The summed E-state index contributed by atoms with van der Waals surface area (Å²) in [6, 6.07) is 14.1. The zero-order chi connectivity index (χ0) is 27.1. The van der Waals surface area contributed by atoms with Crippen molar-refractivity contribution in [1.82, 2.24) is 10.2 Å². The topological polar surface area (TPSA) is 118 Å². The Kier molecular flexibility index (Phi) is 9.35. The van der Waals surface area contributed by atoms with Gasteiger partial charge < -0.3 is 5.32 Å². The summed E-state index contributed by atoms with van der Waals surface area (Å²) in [5.74, 6) is 0.0354. The third-order valence-corrected chi connectivity index (χ3v) is 8.74. The average Bonchev–Trinajstić information content (AvgIpc) is 3.57. The number of thiophene rings is 1. The molecule has 1 amide bonds. The molecule has 2 aromatic heterocycles. The van der Waals surface area contributed by atoms with Crippen LogP contribution in [0.2, 0.25) is 0 Å². The van der Waals surface area contributed by atoms with Crippen molar-refractivity contribution in [2.75, 3.05) is 5.32 Å². The molecule has 202 valence electrons. The SMILES string of the molecule is CCCCCCCC(CC)C(C(=O)Nc1ccc2[nH]nc(-c3cccc(S(N)(=O)=O)c3)c2c1)c1ccsc1. The van der Waals surface area contributed by atoms with E-state index in [1.54, 1.807) is 23.5 Å². The zero-order valence-electron chi connectivity index (χ0n) is 21.9. The number of nitrogens with one attached hydrogen (secondary N) is 2. The number of primary sulfonamides is 1. The van der Waals surface area contributed by atoms with Crippen LogP contribution in [-0.4, -0.2) is 24.5 Å². The van der Waals surface area contributed by atoms with Gasteiger partial charge in [-0.05, 0) is 65.1 Å². The van der Waals surface area contributed by atoms with Gasteiger partial charge in [-0.3, -0.25) is 9.89 Å². The molecule has 2 aromatic carbocycles. The molecular weight excluding hydrogens is 516 g/mol. The second-order valence-electron chi connectivity index (χ2n) is 9.80. The quantitative estimate of drug-likeness (QED) is 0.154. The van der Waals surface area contributed by atoms with Crippen LogP contribution < -0.4 is 10.5 Å². The number of unbranched alkanes of at least 4 members (excludes halogenated alkanes) is 4. The van der Waals surface area contributed by atoms with E-state index in [9.17, 15) is 13.2 Å². The van der Waals surface area contributed by atoms with Gasteiger partial charge in [0.25, 0.3) is 0 Å². The number of fused-ring (bicyclic) bond motifs is 1. The molecule has 4 aromatic rings. The minimum atomic E-state index is -3.84. The van der Waals surface area contributed by atoms with Gasteiger partial charge in [0.1, 0.15) is 5.69 Å². The van der Waals surface area contributed by atoms with Crippen molar-refractivity contribution in [3.05, 3.63) is 64.9 Å². The smallest absolute Gasteiger partial charge is 0.238 e. The standard InChI is InChI=1S/C29H36N4O3S2/c1-3-5-6-7-8-10-20(4-2)27(22-15-16-37-19-22)29(34)31-23-13-14-26-25(18-23)28(33-32-26)21-11-9-12-24(17-21)38(30,35)36/h9,11-20,27H,3-8,10H2,1-2H3,(H,31,34)(H,32,33)(H2,30,35,36). The van der Waals surface area contributed by atoms with E-state index >= 15 is 0 Å². The summed E-state index contributed by atoms with van der Waals surface area (Å²) < 4.78 is 23.7. The number of H-pyrrole nitrogens is 1. The summed E-state index contributed by atoms with van der Waals surface area (Å²) in [5, 5.41) is 20.8. The maximum absolute atomic E-state index is 13.7. The van der Waals surface area contributed by atoms with E-state index in [-0.39, 0.29) is 22.6 Å². The Bertz CT molecular complexity index is 1460. The van der Waals surface area contributed by atoms with Crippen molar-refractivity contribution in [3.63, 3.8) is 0 Å². The van der Waals surface area contributed by atoms with E-state index in [1.807, 2.05) is 23.6 Å². The second kappa shape index (κ2) is 12.7. The van der Waals surface area contributed by atoms with E-state index in [0.717, 1.165) is 35.7 Å². The lowest BCUT2D eigenvalue weighted by atomic mass is 9.81. The molecule has 2 unspecified atom stereocenters. The predicted molar refractivity (Wildman–Crippen MR) is 156 cm³/mol. The molecule has 0 spiro atoms. The lowest BCUT2D eigenvalue weighted by Gasteiger charge is -2.25. The molecule has 0 fully saturated rings. The Balaban J connectivity index is 1.58. The van der Waals surface area contributed by atoms with Crippen LogP contribution in [0.1, 0.15) is 70.3 Å². The average molecular weight is 553 g/mol. The highest BCUT2D eigenvalue weighted by Crippen LogP contribution is 2.35. The molecule has 9 heteroatoms. The molecule has 0 radical (unpaired) electrons. The number of benzene rings is 2. The van der Waals surface area contributed by atoms with Gasteiger partial charge in [-0.25, -0.2) is 13.6 Å². The Labute approximate surface area is 228 Å². The first kappa shape index (κ1) is 28.0. The molecule has 0 saturated heterocycles. The van der Waals surface area contributed by atoms with Gasteiger partial charge in [0.15, 0.2) is 0 Å². The summed E-state index contributed by atoms with van der Waals surface area (Å²) in [6.07, 6.45) is 8.03. The lowest BCUT2D eigenvalue weighted by Crippen LogP contribution is -2.27. The monoisotopic (exact) mass is 552 g/mol. The summed E-state index contributed by atoms with van der Waals surface area (Å²) in [6.45, 7) is 4.39. The van der Waals surface area contributed by atoms with Crippen LogP contribution in [0, 0.1) is 5.92 Å². The van der Waals surface area contributed by atoms with E-state index in [0.29, 0.717) is 16.9 Å². The molecule has 0 aliphatic carbocycles. The summed E-state index contributed by atoms with van der Waals surface area (Å²) in [7, 11) is -3.84. The summed E-state index contributed by atoms with van der Waals surface area (Å²) in [4.78, 5) is 13.7. The molecule has 7 nitrogen and oxygen atoms in total. The number of rotatable bonds is 13. The number of anilines is 1. The van der Waals surface area contributed by atoms with Crippen LogP contribution >= 0.6 is 11.3 Å². The lowest BCUT2D eigenvalue weighted by molar-refractivity contribution is -0.118. The molecule has 0 saturated carbocycles. The van der Waals surface area contributed by atoms with E-state index in [2.05, 4.69) is 40.8 Å². The number of sulfonamides is 1. The van der Waals surface area contributed by atoms with Crippen LogP contribution in [0.5, 0.6) is 0 Å². The fourth-order valence-electron chi connectivity index (χ4n) is 5.06. The molecule has 0 aliphatic rings. The Morgan fingerprint density at radius 3 is 2.61 bits per heavy atom. The highest BCUT2D eigenvalue weighted by molar-refractivity contribution is 7.89. The van der Waals surface area contributed by atoms with Crippen molar-refractivity contribution >= 4 is 43.9 Å². The second-order valence-corrected chi connectivity index (χ2v) is 12.1. The number of carbonyl (C=O) groups is 1. The normalized spacial score (nSPS) is 13.4. The molecule has 0 bridgehead atoms. The van der Waals surface area contributed by atoms with Crippen LogP contribution in [0.3, 0.4) is 0 Å². The van der Waals surface area contributed by atoms with Crippen LogP contribution in [0.25, 0.3) is 22.2 Å². The minimum absolute atomic E-state index is 0.00979. The van der Waals surface area contributed by atoms with Crippen molar-refractivity contribution in [2.45, 2.75) is 69.6 Å². The first-order valence-electron chi connectivity index (χ1n) is 13.3. The summed E-state index contributed by atoms with van der Waals surface area (Å²) >= 11 is 1.62. The molecule has 4 N–H and O–H groups in total. The Morgan fingerprint density at radius 1 is 1.08 bits per heavy atom. The number of amides is 1. The maximum Gasteiger partial charge on any atom is 0.238 e. The number of hydrogen-bond acceptors (Lipinski definition) is 5. The van der Waals surface area contributed by atoms with Crippen molar-refractivity contribution in [1.29, 1.82) is 0 Å². The zero-order valence-corrected chi connectivity index (χ0v) is 23.6. The van der Waals surface area contributed by atoms with Crippen molar-refractivity contribution in [2.24, 2.45) is 11.1 Å². The Morgan fingerprint density at radius 2 is 1.89 bits per heavy atom. The highest BCUT2D eigenvalue weighted by Gasteiger charge is 2.29. The minimum Gasteiger partial charge on any atom is -0.326 e. The molecule has 2 heterocycles. The summed E-state index contributed by atoms with van der Waals surface area (Å²) in [5.41, 5.74) is 3.74. The third kappa shape index (κ3) is 6.70. The van der Waals surface area contributed by atoms with Gasteiger partial charge in [-0.2, -0.15) is 16.4 Å². The molecule has 38 heavy (non-hydrogen) atoms.